The first-order chi connectivity index (χ1) is 18.4. The molecule has 0 spiro atoms. The lowest BCUT2D eigenvalue weighted by atomic mass is 9.93. The molecule has 0 saturated carbocycles. The van der Waals surface area contributed by atoms with Crippen molar-refractivity contribution in [2.75, 3.05) is 20.2 Å². The van der Waals surface area contributed by atoms with Crippen molar-refractivity contribution in [3.63, 3.8) is 0 Å². The normalized spacial score (nSPS) is 18.2. The van der Waals surface area contributed by atoms with Gasteiger partial charge in [-0.3, -0.25) is 14.4 Å². The number of hydrogen-bond acceptors (Lipinski definition) is 9. The maximum Gasteiger partial charge on any atom is 0.290 e. The number of hydrogen-bond donors (Lipinski definition) is 3. The standard InChI is InChI=1S/C24H26N6O5.CH2O2/c1-34-20-6-4-16-11-22(20)35-21-10-15(2-5-19(21)31)3-7-23(32)26-18-13-29(12-17(16)18)24(33)8-9-30-14-25-27-28-30;2-1-3/h2,4-6,10-11,14,17-18,31H,3,7-9,12-13H2,1H3,(H,26,32);1H,(H,2,3)/t17-,18+;/m0./s1. The van der Waals surface area contributed by atoms with Gasteiger partial charge in [0.15, 0.2) is 23.0 Å². The summed E-state index contributed by atoms with van der Waals surface area (Å²) < 4.78 is 13.1. The number of likely N-dealkylation sites (tertiary alicyclic amines) is 1. The molecule has 2 aliphatic rings. The molecule has 0 aliphatic carbocycles. The minimum Gasteiger partial charge on any atom is -0.504 e. The Labute approximate surface area is 218 Å². The Kier molecular flexibility index (Phi) is 8.36. The molecule has 5 rings (SSSR count). The van der Waals surface area contributed by atoms with Gasteiger partial charge in [-0.05, 0) is 52.2 Å². The molecule has 4 bridgehead atoms. The summed E-state index contributed by atoms with van der Waals surface area (Å²) in [5.74, 6) is 0.992. The van der Waals surface area contributed by atoms with Crippen molar-refractivity contribution in [3.05, 3.63) is 53.9 Å². The van der Waals surface area contributed by atoms with E-state index in [9.17, 15) is 14.7 Å². The zero-order valence-electron chi connectivity index (χ0n) is 20.7. The van der Waals surface area contributed by atoms with Crippen LogP contribution in [0.25, 0.3) is 0 Å². The maximum absolute atomic E-state index is 13.0. The van der Waals surface area contributed by atoms with E-state index in [0.29, 0.717) is 43.3 Å². The molecule has 0 unspecified atom stereocenters. The van der Waals surface area contributed by atoms with Gasteiger partial charge in [-0.2, -0.15) is 0 Å². The molecule has 200 valence electrons. The molecule has 2 aliphatic heterocycles. The number of aryl methyl sites for hydroxylation is 2. The number of nitrogens with one attached hydrogen (secondary N) is 1. The van der Waals surface area contributed by atoms with Gasteiger partial charge in [-0.25, -0.2) is 4.68 Å². The van der Waals surface area contributed by atoms with Crippen LogP contribution < -0.4 is 14.8 Å². The number of benzene rings is 2. The summed E-state index contributed by atoms with van der Waals surface area (Å²) >= 11 is 0. The molecule has 3 N–H and O–H groups in total. The number of carbonyl (C=O) groups excluding carboxylic acids is 2. The van der Waals surface area contributed by atoms with Crippen LogP contribution in [0.2, 0.25) is 0 Å². The van der Waals surface area contributed by atoms with Crippen LogP contribution in [0.4, 0.5) is 0 Å². The molecule has 3 heterocycles. The molecule has 2 atom stereocenters. The number of tetrazole rings is 1. The average Bonchev–Trinajstić information content (AvgIpc) is 3.58. The number of nitrogens with zero attached hydrogens (tertiary/aromatic N) is 5. The minimum atomic E-state index is -0.252. The zero-order chi connectivity index (χ0) is 27.1. The van der Waals surface area contributed by atoms with Crippen molar-refractivity contribution in [2.45, 2.75) is 37.8 Å². The van der Waals surface area contributed by atoms with E-state index in [4.69, 9.17) is 19.4 Å². The molecule has 13 nitrogen and oxygen atoms in total. The second-order valence-corrected chi connectivity index (χ2v) is 8.82. The number of rotatable bonds is 4. The van der Waals surface area contributed by atoms with Crippen molar-refractivity contribution in [2.24, 2.45) is 0 Å². The molecule has 2 aromatic carbocycles. The fourth-order valence-corrected chi connectivity index (χ4v) is 4.60. The Bertz CT molecular complexity index is 1280. The van der Waals surface area contributed by atoms with Crippen molar-refractivity contribution in [3.8, 4) is 23.0 Å². The van der Waals surface area contributed by atoms with Gasteiger partial charge in [0.05, 0.1) is 19.7 Å². The highest BCUT2D eigenvalue weighted by molar-refractivity contribution is 5.79. The second kappa shape index (κ2) is 12.0. The fourth-order valence-electron chi connectivity index (χ4n) is 4.60. The molecular weight excluding hydrogens is 496 g/mol. The molecule has 1 aromatic heterocycles. The predicted octanol–water partition coefficient (Wildman–Crippen LogP) is 1.33. The average molecular weight is 525 g/mol. The van der Waals surface area contributed by atoms with Crippen LogP contribution >= 0.6 is 0 Å². The highest BCUT2D eigenvalue weighted by atomic mass is 16.5. The van der Waals surface area contributed by atoms with E-state index in [1.54, 1.807) is 36.3 Å². The van der Waals surface area contributed by atoms with Gasteiger partial charge in [0.1, 0.15) is 6.33 Å². The van der Waals surface area contributed by atoms with Crippen LogP contribution in [0.5, 0.6) is 23.0 Å². The number of carboxylic acid groups (broad SMARTS) is 1. The van der Waals surface area contributed by atoms with E-state index in [1.165, 1.54) is 11.0 Å². The Morgan fingerprint density at radius 2 is 2.03 bits per heavy atom. The predicted molar refractivity (Wildman–Crippen MR) is 132 cm³/mol. The summed E-state index contributed by atoms with van der Waals surface area (Å²) in [7, 11) is 1.55. The summed E-state index contributed by atoms with van der Waals surface area (Å²) in [5.41, 5.74) is 1.77. The Hall–Kier alpha value is -4.68. The van der Waals surface area contributed by atoms with Crippen LogP contribution in [0.3, 0.4) is 0 Å². The highest BCUT2D eigenvalue weighted by Crippen LogP contribution is 2.40. The Morgan fingerprint density at radius 1 is 1.21 bits per heavy atom. The van der Waals surface area contributed by atoms with Crippen molar-refractivity contribution < 1.29 is 34.1 Å². The van der Waals surface area contributed by atoms with Crippen LogP contribution in [0.1, 0.15) is 29.9 Å². The van der Waals surface area contributed by atoms with Gasteiger partial charge in [0.2, 0.25) is 11.8 Å². The number of methoxy groups -OCH3 is 1. The smallest absolute Gasteiger partial charge is 0.290 e. The molecule has 2 amide bonds. The summed E-state index contributed by atoms with van der Waals surface area (Å²) in [6.45, 7) is 0.984. The third kappa shape index (κ3) is 6.17. The van der Waals surface area contributed by atoms with E-state index in [2.05, 4.69) is 20.8 Å². The summed E-state index contributed by atoms with van der Waals surface area (Å²) in [6, 6.07) is 10.4. The van der Waals surface area contributed by atoms with E-state index in [1.807, 2.05) is 12.1 Å². The first-order valence-corrected chi connectivity index (χ1v) is 11.9. The number of aromatic hydroxyl groups is 1. The molecule has 1 saturated heterocycles. The van der Waals surface area contributed by atoms with Crippen LogP contribution in [0.15, 0.2) is 42.7 Å². The van der Waals surface area contributed by atoms with Crippen molar-refractivity contribution >= 4 is 18.3 Å². The lowest BCUT2D eigenvalue weighted by Crippen LogP contribution is -2.40. The Morgan fingerprint density at radius 3 is 2.76 bits per heavy atom. The number of phenolic OH excluding ortho intramolecular Hbond substituents is 1. The van der Waals surface area contributed by atoms with E-state index in [-0.39, 0.29) is 48.8 Å². The third-order valence-corrected chi connectivity index (χ3v) is 6.47. The number of carbonyl (C=O) groups is 3. The topological polar surface area (TPSA) is 169 Å². The Balaban J connectivity index is 0.00000107. The first kappa shape index (κ1) is 26.4. The molecule has 1 fully saturated rings. The summed E-state index contributed by atoms with van der Waals surface area (Å²) in [4.78, 5) is 35.9. The van der Waals surface area contributed by atoms with Crippen LogP contribution in [0, 0.1) is 0 Å². The number of phenols is 1. The monoisotopic (exact) mass is 524 g/mol. The highest BCUT2D eigenvalue weighted by Gasteiger charge is 2.37. The number of amides is 2. The van der Waals surface area contributed by atoms with Crippen LogP contribution in [-0.4, -0.2) is 79.8 Å². The largest absolute Gasteiger partial charge is 0.504 e. The van der Waals surface area contributed by atoms with E-state index < -0.39 is 0 Å². The summed E-state index contributed by atoms with van der Waals surface area (Å²) in [5, 5.41) is 31.3. The van der Waals surface area contributed by atoms with Crippen molar-refractivity contribution in [1.82, 2.24) is 30.4 Å². The van der Waals surface area contributed by atoms with Crippen molar-refractivity contribution in [1.29, 1.82) is 0 Å². The molecule has 0 radical (unpaired) electrons. The fraction of sp³-hybridized carbons (Fsp3) is 0.360. The van der Waals surface area contributed by atoms with E-state index >= 15 is 0 Å². The molecule has 3 aromatic rings. The van der Waals surface area contributed by atoms with Gasteiger partial charge in [-0.15, -0.1) is 5.10 Å². The molecular formula is C25H28N6O7. The number of fused-ring (bicyclic) bond motifs is 6. The SMILES string of the molecule is COc1ccc2cc1Oc1cc(ccc1O)CCC(=O)N[C@@H]1CN(C(=O)CCn3cnnn3)C[C@@H]21.O=CO. The lowest BCUT2D eigenvalue weighted by Gasteiger charge is -2.21. The first-order valence-electron chi connectivity index (χ1n) is 11.9. The van der Waals surface area contributed by atoms with Gasteiger partial charge in [-0.1, -0.05) is 12.1 Å². The summed E-state index contributed by atoms with van der Waals surface area (Å²) in [6.07, 6.45) is 2.49. The van der Waals surface area contributed by atoms with Gasteiger partial charge in [0, 0.05) is 31.8 Å². The number of aromatic nitrogens is 4. The maximum atomic E-state index is 13.0. The van der Waals surface area contributed by atoms with Gasteiger partial charge >= 0.3 is 0 Å². The zero-order valence-corrected chi connectivity index (χ0v) is 20.7. The van der Waals surface area contributed by atoms with Gasteiger partial charge < -0.3 is 29.9 Å². The number of ether oxygens (including phenoxy) is 2. The molecule has 13 heteroatoms. The second-order valence-electron chi connectivity index (χ2n) is 8.82. The van der Waals surface area contributed by atoms with Gasteiger partial charge in [0.25, 0.3) is 6.47 Å². The minimum absolute atomic E-state index is 0.00127. The lowest BCUT2D eigenvalue weighted by molar-refractivity contribution is -0.131. The molecule has 38 heavy (non-hydrogen) atoms. The van der Waals surface area contributed by atoms with E-state index in [0.717, 1.165) is 11.1 Å². The quantitative estimate of drug-likeness (QED) is 0.423. The third-order valence-electron chi connectivity index (χ3n) is 6.47. The van der Waals surface area contributed by atoms with Crippen LogP contribution in [-0.2, 0) is 27.3 Å².